The van der Waals surface area contributed by atoms with E-state index >= 15 is 0 Å². The number of carbonyl (C=O) groups excluding carboxylic acids is 1. The Balaban J connectivity index is 3.44. The van der Waals surface area contributed by atoms with Crippen molar-refractivity contribution >= 4 is 34.9 Å². The number of ether oxygens (including phenoxy) is 1. The quantitative estimate of drug-likeness (QED) is 0.600. The fourth-order valence-electron chi connectivity index (χ4n) is 1.04. The van der Waals surface area contributed by atoms with Crippen molar-refractivity contribution in [2.75, 3.05) is 12.8 Å². The number of anilines is 1. The summed E-state index contributed by atoms with van der Waals surface area (Å²) < 4.78 is 4.53. The first-order chi connectivity index (χ1) is 6.49. The van der Waals surface area contributed by atoms with Gasteiger partial charge in [-0.1, -0.05) is 23.2 Å². The van der Waals surface area contributed by atoms with E-state index in [1.54, 1.807) is 13.0 Å². The molecule has 0 aliphatic heterocycles. The standard InChI is InChI=1S/C9H9Cl2NO2/c1-4-3-5(10)6(9(13)14-2)7(11)8(4)12/h3H,12H2,1-2H3. The van der Waals surface area contributed by atoms with E-state index in [0.717, 1.165) is 5.56 Å². The zero-order valence-corrected chi connectivity index (χ0v) is 9.24. The number of nitrogen functional groups attached to an aromatic ring is 1. The van der Waals surface area contributed by atoms with Gasteiger partial charge in [0.1, 0.15) is 0 Å². The SMILES string of the molecule is COC(=O)c1c(Cl)cc(C)c(N)c1Cl. The summed E-state index contributed by atoms with van der Waals surface area (Å²) in [5.41, 5.74) is 6.83. The molecule has 0 saturated carbocycles. The van der Waals surface area contributed by atoms with Gasteiger partial charge in [-0.3, -0.25) is 0 Å². The largest absolute Gasteiger partial charge is 0.465 e. The lowest BCUT2D eigenvalue weighted by Crippen LogP contribution is -2.06. The fraction of sp³-hybridized carbons (Fsp3) is 0.222. The highest BCUT2D eigenvalue weighted by Crippen LogP contribution is 2.33. The van der Waals surface area contributed by atoms with E-state index in [9.17, 15) is 4.79 Å². The second kappa shape index (κ2) is 4.07. The van der Waals surface area contributed by atoms with Crippen LogP contribution >= 0.6 is 23.2 Å². The molecule has 0 unspecified atom stereocenters. The normalized spacial score (nSPS) is 10.0. The topological polar surface area (TPSA) is 52.3 Å². The van der Waals surface area contributed by atoms with Crippen LogP contribution < -0.4 is 5.73 Å². The van der Waals surface area contributed by atoms with Crippen LogP contribution in [0, 0.1) is 6.92 Å². The molecule has 0 aliphatic rings. The second-order valence-corrected chi connectivity index (χ2v) is 3.55. The van der Waals surface area contributed by atoms with Crippen molar-refractivity contribution < 1.29 is 9.53 Å². The number of esters is 1. The Morgan fingerprint density at radius 3 is 2.57 bits per heavy atom. The molecule has 5 heteroatoms. The predicted molar refractivity (Wildman–Crippen MR) is 57.0 cm³/mol. The molecule has 0 fully saturated rings. The number of benzene rings is 1. The third-order valence-corrected chi connectivity index (χ3v) is 2.54. The Morgan fingerprint density at radius 1 is 1.50 bits per heavy atom. The van der Waals surface area contributed by atoms with Gasteiger partial charge in [0, 0.05) is 0 Å². The molecule has 0 bridgehead atoms. The number of rotatable bonds is 1. The third kappa shape index (κ3) is 1.79. The molecule has 1 rings (SSSR count). The van der Waals surface area contributed by atoms with Crippen LogP contribution in [0.3, 0.4) is 0 Å². The molecular weight excluding hydrogens is 225 g/mol. The first-order valence-electron chi connectivity index (χ1n) is 3.81. The number of hydrogen-bond donors (Lipinski definition) is 1. The molecule has 0 heterocycles. The van der Waals surface area contributed by atoms with Crippen LogP contribution in [-0.2, 0) is 4.74 Å². The third-order valence-electron chi connectivity index (χ3n) is 1.85. The van der Waals surface area contributed by atoms with Gasteiger partial charge in [-0.2, -0.15) is 0 Å². The van der Waals surface area contributed by atoms with Gasteiger partial charge in [-0.15, -0.1) is 0 Å². The molecule has 76 valence electrons. The fourth-order valence-corrected chi connectivity index (χ4v) is 1.75. The van der Waals surface area contributed by atoms with Gasteiger partial charge in [0.05, 0.1) is 28.4 Å². The molecule has 1 aromatic carbocycles. The minimum Gasteiger partial charge on any atom is -0.465 e. The maximum atomic E-state index is 11.3. The summed E-state index contributed by atoms with van der Waals surface area (Å²) in [5, 5.41) is 0.385. The van der Waals surface area contributed by atoms with Crippen molar-refractivity contribution in [2.45, 2.75) is 6.92 Å². The molecule has 0 aliphatic carbocycles. The Hall–Kier alpha value is -0.930. The summed E-state index contributed by atoms with van der Waals surface area (Å²) in [6.45, 7) is 1.76. The van der Waals surface area contributed by atoms with E-state index < -0.39 is 5.97 Å². The molecule has 0 aromatic heterocycles. The second-order valence-electron chi connectivity index (χ2n) is 2.77. The van der Waals surface area contributed by atoms with E-state index in [-0.39, 0.29) is 15.6 Å². The number of aryl methyl sites for hydroxylation is 1. The maximum Gasteiger partial charge on any atom is 0.340 e. The first kappa shape index (κ1) is 11.1. The lowest BCUT2D eigenvalue weighted by atomic mass is 10.1. The van der Waals surface area contributed by atoms with Crippen LogP contribution in [0.2, 0.25) is 10.0 Å². The van der Waals surface area contributed by atoms with Crippen molar-refractivity contribution in [1.29, 1.82) is 0 Å². The summed E-state index contributed by atoms with van der Waals surface area (Å²) in [6, 6.07) is 1.58. The highest BCUT2D eigenvalue weighted by Gasteiger charge is 2.18. The maximum absolute atomic E-state index is 11.3. The van der Waals surface area contributed by atoms with E-state index in [4.69, 9.17) is 28.9 Å². The molecule has 14 heavy (non-hydrogen) atoms. The number of carbonyl (C=O) groups is 1. The van der Waals surface area contributed by atoms with Crippen LogP contribution in [0.15, 0.2) is 6.07 Å². The molecule has 1 aromatic rings. The molecule has 0 saturated heterocycles. The van der Waals surface area contributed by atoms with E-state index in [0.29, 0.717) is 5.69 Å². The molecule has 2 N–H and O–H groups in total. The lowest BCUT2D eigenvalue weighted by molar-refractivity contribution is 0.0601. The van der Waals surface area contributed by atoms with Crippen molar-refractivity contribution in [3.8, 4) is 0 Å². The number of nitrogens with two attached hydrogens (primary N) is 1. The molecule has 0 spiro atoms. The first-order valence-corrected chi connectivity index (χ1v) is 4.57. The molecular formula is C9H9Cl2NO2. The Bertz CT molecular complexity index is 391. The lowest BCUT2D eigenvalue weighted by Gasteiger charge is -2.09. The summed E-state index contributed by atoms with van der Waals surface area (Å²) in [5.74, 6) is -0.591. The van der Waals surface area contributed by atoms with Crippen LogP contribution in [0.1, 0.15) is 15.9 Å². The molecule has 3 nitrogen and oxygen atoms in total. The van der Waals surface area contributed by atoms with Crippen LogP contribution in [0.5, 0.6) is 0 Å². The summed E-state index contributed by atoms with van der Waals surface area (Å²) in [6.07, 6.45) is 0. The van der Waals surface area contributed by atoms with E-state index in [2.05, 4.69) is 4.74 Å². The predicted octanol–water partition coefficient (Wildman–Crippen LogP) is 2.67. The zero-order chi connectivity index (χ0) is 10.9. The summed E-state index contributed by atoms with van der Waals surface area (Å²) in [4.78, 5) is 11.3. The minimum absolute atomic E-state index is 0.110. The molecule has 0 atom stereocenters. The number of hydrogen-bond acceptors (Lipinski definition) is 3. The van der Waals surface area contributed by atoms with Gasteiger partial charge in [0.15, 0.2) is 0 Å². The number of halogens is 2. The average Bonchev–Trinajstić information content (AvgIpc) is 2.14. The van der Waals surface area contributed by atoms with E-state index in [1.165, 1.54) is 7.11 Å². The van der Waals surface area contributed by atoms with Crippen LogP contribution in [0.25, 0.3) is 0 Å². The van der Waals surface area contributed by atoms with Gasteiger partial charge in [-0.25, -0.2) is 4.79 Å². The average molecular weight is 234 g/mol. The Labute approximate surface area is 91.7 Å². The monoisotopic (exact) mass is 233 g/mol. The summed E-state index contributed by atoms with van der Waals surface area (Å²) >= 11 is 11.7. The van der Waals surface area contributed by atoms with Gasteiger partial charge >= 0.3 is 5.97 Å². The smallest absolute Gasteiger partial charge is 0.340 e. The van der Waals surface area contributed by atoms with Crippen LogP contribution in [-0.4, -0.2) is 13.1 Å². The Morgan fingerprint density at radius 2 is 2.07 bits per heavy atom. The molecule has 0 amide bonds. The van der Waals surface area contributed by atoms with Crippen molar-refractivity contribution in [1.82, 2.24) is 0 Å². The van der Waals surface area contributed by atoms with Gasteiger partial charge in [0.2, 0.25) is 0 Å². The van der Waals surface area contributed by atoms with E-state index in [1.807, 2.05) is 0 Å². The highest BCUT2D eigenvalue weighted by atomic mass is 35.5. The van der Waals surface area contributed by atoms with Crippen molar-refractivity contribution in [2.24, 2.45) is 0 Å². The Kier molecular flexibility index (Phi) is 3.24. The van der Waals surface area contributed by atoms with Crippen molar-refractivity contribution in [3.63, 3.8) is 0 Å². The molecule has 0 radical (unpaired) electrons. The van der Waals surface area contributed by atoms with Gasteiger partial charge in [-0.05, 0) is 18.6 Å². The minimum atomic E-state index is -0.591. The zero-order valence-electron chi connectivity index (χ0n) is 7.73. The number of methoxy groups -OCH3 is 1. The van der Waals surface area contributed by atoms with Crippen molar-refractivity contribution in [3.05, 3.63) is 27.2 Å². The van der Waals surface area contributed by atoms with Gasteiger partial charge < -0.3 is 10.5 Å². The summed E-state index contributed by atoms with van der Waals surface area (Å²) in [7, 11) is 1.25. The van der Waals surface area contributed by atoms with Gasteiger partial charge in [0.25, 0.3) is 0 Å². The van der Waals surface area contributed by atoms with Crippen LogP contribution in [0.4, 0.5) is 5.69 Å². The highest BCUT2D eigenvalue weighted by molar-refractivity contribution is 6.41.